The van der Waals surface area contributed by atoms with Crippen molar-refractivity contribution in [2.45, 2.75) is 83.2 Å². The van der Waals surface area contributed by atoms with Crippen molar-refractivity contribution in [3.63, 3.8) is 0 Å². The molecule has 0 bridgehead atoms. The molecule has 114 valence electrons. The summed E-state index contributed by atoms with van der Waals surface area (Å²) < 4.78 is 12.1. The van der Waals surface area contributed by atoms with E-state index in [0.29, 0.717) is 5.54 Å². The number of hydrogen-bond acceptors (Lipinski definition) is 2. The van der Waals surface area contributed by atoms with E-state index in [-0.39, 0.29) is 0 Å². The highest BCUT2D eigenvalue weighted by atomic mass is 28.4. The highest BCUT2D eigenvalue weighted by molar-refractivity contribution is 6.69. The van der Waals surface area contributed by atoms with Crippen molar-refractivity contribution < 1.29 is 8.85 Å². The molecule has 3 heteroatoms. The van der Waals surface area contributed by atoms with Gasteiger partial charge in [-0.15, -0.1) is 0 Å². The molecule has 1 saturated carbocycles. The van der Waals surface area contributed by atoms with Gasteiger partial charge in [0, 0.05) is 19.8 Å². The molecule has 1 aliphatic rings. The number of rotatable bonds is 8. The van der Waals surface area contributed by atoms with Crippen LogP contribution in [0.15, 0.2) is 0 Å². The van der Waals surface area contributed by atoms with Gasteiger partial charge in [-0.25, -0.2) is 0 Å². The molecule has 0 amide bonds. The lowest BCUT2D eigenvalue weighted by Crippen LogP contribution is -2.46. The lowest BCUT2D eigenvalue weighted by Gasteiger charge is -2.36. The summed E-state index contributed by atoms with van der Waals surface area (Å²) >= 11 is 0. The van der Waals surface area contributed by atoms with E-state index in [1.165, 1.54) is 63.8 Å². The van der Waals surface area contributed by atoms with Crippen LogP contribution in [0.3, 0.4) is 0 Å². The first kappa shape index (κ1) is 17.2. The Kier molecular flexibility index (Phi) is 8.27. The maximum absolute atomic E-state index is 6.05. The Morgan fingerprint density at radius 2 is 1.63 bits per heavy atom. The van der Waals surface area contributed by atoms with Gasteiger partial charge in [0.25, 0.3) is 0 Å². The van der Waals surface area contributed by atoms with E-state index in [1.807, 2.05) is 14.2 Å². The second-order valence-electron chi connectivity index (χ2n) is 6.36. The van der Waals surface area contributed by atoms with E-state index in [0.717, 1.165) is 5.92 Å². The second-order valence-corrected chi connectivity index (χ2v) is 10.0. The monoisotopic (exact) mass is 286 g/mol. The average Bonchev–Trinajstić information content (AvgIpc) is 2.72. The summed E-state index contributed by atoms with van der Waals surface area (Å²) in [6.45, 7) is 4.65. The first-order chi connectivity index (χ1) is 9.18. The third-order valence-corrected chi connectivity index (χ3v) is 9.32. The SMILES string of the molecule is CCCCC(C)C[Si](OC)(OC)C1CCCCCC1. The molecule has 1 unspecified atom stereocenters. The van der Waals surface area contributed by atoms with Crippen LogP contribution in [-0.4, -0.2) is 22.8 Å². The van der Waals surface area contributed by atoms with E-state index in [4.69, 9.17) is 8.85 Å². The molecule has 0 radical (unpaired) electrons. The summed E-state index contributed by atoms with van der Waals surface area (Å²) in [6.07, 6.45) is 12.2. The Labute approximate surface area is 121 Å². The molecular formula is C16H34O2Si. The van der Waals surface area contributed by atoms with Crippen LogP contribution in [0, 0.1) is 5.92 Å². The van der Waals surface area contributed by atoms with Crippen molar-refractivity contribution in [2.24, 2.45) is 5.92 Å². The molecule has 0 aromatic carbocycles. The fourth-order valence-electron chi connectivity index (χ4n) is 3.61. The van der Waals surface area contributed by atoms with Crippen LogP contribution in [0.4, 0.5) is 0 Å². The van der Waals surface area contributed by atoms with Gasteiger partial charge in [-0.3, -0.25) is 0 Å². The van der Waals surface area contributed by atoms with E-state index < -0.39 is 8.56 Å². The van der Waals surface area contributed by atoms with Crippen molar-refractivity contribution in [2.75, 3.05) is 14.2 Å². The van der Waals surface area contributed by atoms with Crippen molar-refractivity contribution in [1.29, 1.82) is 0 Å². The molecule has 1 aliphatic carbocycles. The standard InChI is InChI=1S/C16H34O2Si/c1-5-6-11-15(2)14-19(17-3,18-4)16-12-9-7-8-10-13-16/h15-16H,5-14H2,1-4H3. The van der Waals surface area contributed by atoms with Crippen LogP contribution in [-0.2, 0) is 8.85 Å². The molecule has 0 spiro atoms. The second kappa shape index (κ2) is 9.14. The Bertz CT molecular complexity index is 221. The zero-order chi connectivity index (χ0) is 14.1. The normalized spacial score (nSPS) is 20.2. The van der Waals surface area contributed by atoms with Gasteiger partial charge in [0.05, 0.1) is 0 Å². The number of hydrogen-bond donors (Lipinski definition) is 0. The Hall–Kier alpha value is 0.137. The molecule has 1 atom stereocenters. The highest BCUT2D eigenvalue weighted by Crippen LogP contribution is 2.40. The third-order valence-electron chi connectivity index (χ3n) is 4.85. The quantitative estimate of drug-likeness (QED) is 0.447. The summed E-state index contributed by atoms with van der Waals surface area (Å²) in [5.74, 6) is 0.745. The Morgan fingerprint density at radius 3 is 2.11 bits per heavy atom. The van der Waals surface area contributed by atoms with Gasteiger partial charge in [-0.1, -0.05) is 58.8 Å². The first-order valence-electron chi connectivity index (χ1n) is 8.28. The molecule has 1 fully saturated rings. The minimum absolute atomic E-state index is 0.717. The molecule has 0 aromatic rings. The van der Waals surface area contributed by atoms with Crippen molar-refractivity contribution in [1.82, 2.24) is 0 Å². The predicted octanol–water partition coefficient (Wildman–Crippen LogP) is 5.27. The summed E-state index contributed by atoms with van der Waals surface area (Å²) in [4.78, 5) is 0. The van der Waals surface area contributed by atoms with E-state index in [2.05, 4.69) is 13.8 Å². The zero-order valence-corrected chi connectivity index (χ0v) is 14.5. The Morgan fingerprint density at radius 1 is 1.05 bits per heavy atom. The largest absolute Gasteiger partial charge is 0.397 e. The summed E-state index contributed by atoms with van der Waals surface area (Å²) in [6, 6.07) is 1.19. The first-order valence-corrected chi connectivity index (χ1v) is 10.4. The molecule has 0 saturated heterocycles. The van der Waals surface area contributed by atoms with Crippen LogP contribution in [0.1, 0.15) is 71.6 Å². The molecular weight excluding hydrogens is 252 g/mol. The lowest BCUT2D eigenvalue weighted by molar-refractivity contribution is 0.215. The van der Waals surface area contributed by atoms with Gasteiger partial charge < -0.3 is 8.85 Å². The minimum atomic E-state index is -1.99. The fourth-order valence-corrected chi connectivity index (χ4v) is 7.57. The molecule has 0 aromatic heterocycles. The predicted molar refractivity (Wildman–Crippen MR) is 84.7 cm³/mol. The van der Waals surface area contributed by atoms with Gasteiger partial charge in [-0.05, 0) is 24.8 Å². The molecule has 1 rings (SSSR count). The van der Waals surface area contributed by atoms with Gasteiger partial charge in [-0.2, -0.15) is 0 Å². The van der Waals surface area contributed by atoms with E-state index >= 15 is 0 Å². The van der Waals surface area contributed by atoms with Gasteiger partial charge >= 0.3 is 8.56 Å². The number of unbranched alkanes of at least 4 members (excludes halogenated alkanes) is 1. The van der Waals surface area contributed by atoms with Gasteiger partial charge in [0.1, 0.15) is 0 Å². The zero-order valence-electron chi connectivity index (χ0n) is 13.5. The third kappa shape index (κ3) is 5.20. The summed E-state index contributed by atoms with van der Waals surface area (Å²) in [7, 11) is 1.80. The lowest BCUT2D eigenvalue weighted by atomic mass is 10.1. The van der Waals surface area contributed by atoms with Crippen molar-refractivity contribution >= 4 is 8.56 Å². The average molecular weight is 287 g/mol. The van der Waals surface area contributed by atoms with E-state index in [9.17, 15) is 0 Å². The van der Waals surface area contributed by atoms with Crippen LogP contribution in [0.25, 0.3) is 0 Å². The van der Waals surface area contributed by atoms with Crippen LogP contribution in [0.2, 0.25) is 11.6 Å². The molecule has 2 nitrogen and oxygen atoms in total. The molecule has 0 N–H and O–H groups in total. The van der Waals surface area contributed by atoms with Crippen molar-refractivity contribution in [3.05, 3.63) is 0 Å². The maximum Gasteiger partial charge on any atom is 0.341 e. The molecule has 19 heavy (non-hydrogen) atoms. The van der Waals surface area contributed by atoms with Crippen LogP contribution in [0.5, 0.6) is 0 Å². The fraction of sp³-hybridized carbons (Fsp3) is 1.00. The van der Waals surface area contributed by atoms with Gasteiger partial charge in [0.15, 0.2) is 0 Å². The maximum atomic E-state index is 6.05. The topological polar surface area (TPSA) is 18.5 Å². The summed E-state index contributed by atoms with van der Waals surface area (Å²) in [5.41, 5.74) is 0.717. The summed E-state index contributed by atoms with van der Waals surface area (Å²) in [5, 5.41) is 0. The smallest absolute Gasteiger partial charge is 0.341 e. The highest BCUT2D eigenvalue weighted by Gasteiger charge is 2.44. The van der Waals surface area contributed by atoms with E-state index in [1.54, 1.807) is 0 Å². The van der Waals surface area contributed by atoms with Crippen LogP contribution >= 0.6 is 0 Å². The van der Waals surface area contributed by atoms with Crippen molar-refractivity contribution in [3.8, 4) is 0 Å². The van der Waals surface area contributed by atoms with Gasteiger partial charge in [0.2, 0.25) is 0 Å². The molecule has 0 heterocycles. The minimum Gasteiger partial charge on any atom is -0.397 e. The molecule has 0 aliphatic heterocycles. The van der Waals surface area contributed by atoms with Crippen LogP contribution < -0.4 is 0 Å². The Balaban J connectivity index is 2.65.